The van der Waals surface area contributed by atoms with Gasteiger partial charge in [0.15, 0.2) is 0 Å². The van der Waals surface area contributed by atoms with Crippen molar-refractivity contribution in [3.63, 3.8) is 0 Å². The van der Waals surface area contributed by atoms with E-state index in [-0.39, 0.29) is 23.7 Å². The second-order valence-corrected chi connectivity index (χ2v) is 8.03. The van der Waals surface area contributed by atoms with E-state index in [0.29, 0.717) is 18.1 Å². The molecule has 0 unspecified atom stereocenters. The molecule has 0 heterocycles. The first-order valence-corrected chi connectivity index (χ1v) is 9.45. The van der Waals surface area contributed by atoms with E-state index in [1.165, 1.54) is 6.92 Å². The van der Waals surface area contributed by atoms with Crippen molar-refractivity contribution in [2.24, 2.45) is 0 Å². The highest BCUT2D eigenvalue weighted by atomic mass is 35.5. The van der Waals surface area contributed by atoms with Crippen LogP contribution in [0, 0.1) is 0 Å². The van der Waals surface area contributed by atoms with Gasteiger partial charge in [-0.05, 0) is 34.7 Å². The van der Waals surface area contributed by atoms with Crippen LogP contribution in [0.5, 0.6) is 0 Å². The fraction of sp³-hybridized carbons (Fsp3) is 0.364. The van der Waals surface area contributed by atoms with Crippen molar-refractivity contribution < 1.29 is 9.59 Å². The molecule has 0 atom stereocenters. The Morgan fingerprint density at radius 1 is 1.04 bits per heavy atom. The molecule has 27 heavy (non-hydrogen) atoms. The van der Waals surface area contributed by atoms with Crippen LogP contribution in [0.4, 0.5) is 5.69 Å². The first-order valence-electron chi connectivity index (χ1n) is 9.07. The number of carbonyl (C=O) groups excluding carboxylic acids is 2. The van der Waals surface area contributed by atoms with E-state index in [1.807, 2.05) is 36.4 Å². The number of benzene rings is 2. The fourth-order valence-electron chi connectivity index (χ4n) is 2.90. The molecule has 0 saturated heterocycles. The third kappa shape index (κ3) is 6.10. The summed E-state index contributed by atoms with van der Waals surface area (Å²) in [5.74, 6) is -0.165. The number of hydrogen-bond acceptors (Lipinski definition) is 2. The number of nitrogens with zero attached hydrogens (tertiary/aromatic N) is 1. The summed E-state index contributed by atoms with van der Waals surface area (Å²) in [4.78, 5) is 26.2. The standard InChI is InChI=1S/C22H27ClN2O2/c1-16(26)25(20-8-6-5-7-19(20)22(2,3)4)14-13-21(27)24-15-17-9-11-18(23)12-10-17/h5-12H,13-15H2,1-4H3,(H,24,27). The zero-order valence-electron chi connectivity index (χ0n) is 16.4. The minimum absolute atomic E-state index is 0.0720. The summed E-state index contributed by atoms with van der Waals surface area (Å²) >= 11 is 5.87. The SMILES string of the molecule is CC(=O)N(CCC(=O)NCc1ccc(Cl)cc1)c1ccccc1C(C)(C)C. The largest absolute Gasteiger partial charge is 0.352 e. The van der Waals surface area contributed by atoms with Gasteiger partial charge in [-0.25, -0.2) is 0 Å². The summed E-state index contributed by atoms with van der Waals surface area (Å²) in [6.45, 7) is 8.66. The molecule has 2 aromatic carbocycles. The van der Waals surface area contributed by atoms with Crippen LogP contribution in [0.3, 0.4) is 0 Å². The van der Waals surface area contributed by atoms with Crippen LogP contribution >= 0.6 is 11.6 Å². The number of hydrogen-bond donors (Lipinski definition) is 1. The van der Waals surface area contributed by atoms with Gasteiger partial charge in [0.25, 0.3) is 0 Å². The highest BCUT2D eigenvalue weighted by molar-refractivity contribution is 6.30. The van der Waals surface area contributed by atoms with Gasteiger partial charge in [-0.15, -0.1) is 0 Å². The maximum atomic E-state index is 12.2. The Labute approximate surface area is 166 Å². The highest BCUT2D eigenvalue weighted by Gasteiger charge is 2.23. The van der Waals surface area contributed by atoms with E-state index in [9.17, 15) is 9.59 Å². The molecular formula is C22H27ClN2O2. The molecule has 2 aromatic rings. The smallest absolute Gasteiger partial charge is 0.223 e. The molecule has 0 aliphatic carbocycles. The topological polar surface area (TPSA) is 49.4 Å². The van der Waals surface area contributed by atoms with Crippen LogP contribution in [0.15, 0.2) is 48.5 Å². The number of nitrogens with one attached hydrogen (secondary N) is 1. The average molecular weight is 387 g/mol. The summed E-state index contributed by atoms with van der Waals surface area (Å²) < 4.78 is 0. The van der Waals surface area contributed by atoms with E-state index in [0.717, 1.165) is 16.8 Å². The zero-order valence-corrected chi connectivity index (χ0v) is 17.1. The lowest BCUT2D eigenvalue weighted by Gasteiger charge is -2.29. The van der Waals surface area contributed by atoms with Crippen LogP contribution in [-0.4, -0.2) is 18.4 Å². The molecule has 0 fully saturated rings. The summed E-state index contributed by atoms with van der Waals surface area (Å²) in [5, 5.41) is 3.56. The Morgan fingerprint density at radius 2 is 1.67 bits per heavy atom. The molecule has 144 valence electrons. The van der Waals surface area contributed by atoms with Crippen molar-refractivity contribution in [3.05, 3.63) is 64.7 Å². The van der Waals surface area contributed by atoms with Crippen molar-refractivity contribution in [1.29, 1.82) is 0 Å². The predicted octanol–water partition coefficient (Wildman–Crippen LogP) is 4.70. The first kappa shape index (κ1) is 21.0. The van der Waals surface area contributed by atoms with Gasteiger partial charge in [-0.3, -0.25) is 9.59 Å². The van der Waals surface area contributed by atoms with Gasteiger partial charge in [0.2, 0.25) is 11.8 Å². The van der Waals surface area contributed by atoms with Gasteiger partial charge in [0.1, 0.15) is 0 Å². The third-order valence-electron chi connectivity index (χ3n) is 4.35. The van der Waals surface area contributed by atoms with Crippen LogP contribution < -0.4 is 10.2 Å². The number of anilines is 1. The molecule has 5 heteroatoms. The number of rotatable bonds is 6. The normalized spacial score (nSPS) is 11.1. The summed E-state index contributed by atoms with van der Waals surface area (Å²) in [5.41, 5.74) is 2.83. The summed E-state index contributed by atoms with van der Waals surface area (Å²) in [6, 6.07) is 15.2. The van der Waals surface area contributed by atoms with Crippen molar-refractivity contribution >= 4 is 29.1 Å². The Bertz CT molecular complexity index is 795. The summed E-state index contributed by atoms with van der Waals surface area (Å²) in [7, 11) is 0. The van der Waals surface area contributed by atoms with Crippen molar-refractivity contribution in [2.75, 3.05) is 11.4 Å². The molecule has 0 aromatic heterocycles. The van der Waals surface area contributed by atoms with E-state index in [1.54, 1.807) is 17.0 Å². The van der Waals surface area contributed by atoms with Gasteiger partial charge >= 0.3 is 0 Å². The molecule has 0 bridgehead atoms. The molecule has 1 N–H and O–H groups in total. The van der Waals surface area contributed by atoms with Crippen molar-refractivity contribution in [2.45, 2.75) is 46.1 Å². The van der Waals surface area contributed by atoms with E-state index < -0.39 is 0 Å². The molecule has 0 aliphatic rings. The van der Waals surface area contributed by atoms with Crippen molar-refractivity contribution in [3.8, 4) is 0 Å². The minimum Gasteiger partial charge on any atom is -0.352 e. The number of para-hydroxylation sites is 1. The maximum Gasteiger partial charge on any atom is 0.223 e. The van der Waals surface area contributed by atoms with Crippen molar-refractivity contribution in [1.82, 2.24) is 5.32 Å². The predicted molar refractivity (Wildman–Crippen MR) is 111 cm³/mol. The molecule has 4 nitrogen and oxygen atoms in total. The lowest BCUT2D eigenvalue weighted by Crippen LogP contribution is -2.35. The lowest BCUT2D eigenvalue weighted by atomic mass is 9.85. The van der Waals surface area contributed by atoms with Gasteiger partial charge in [-0.1, -0.05) is 62.7 Å². The van der Waals surface area contributed by atoms with E-state index in [4.69, 9.17) is 11.6 Å². The van der Waals surface area contributed by atoms with Gasteiger partial charge < -0.3 is 10.2 Å². The van der Waals surface area contributed by atoms with Gasteiger partial charge in [0, 0.05) is 37.1 Å². The minimum atomic E-state index is -0.0961. The van der Waals surface area contributed by atoms with Crippen LogP contribution in [-0.2, 0) is 21.5 Å². The fourth-order valence-corrected chi connectivity index (χ4v) is 3.02. The van der Waals surface area contributed by atoms with Gasteiger partial charge in [-0.2, -0.15) is 0 Å². The van der Waals surface area contributed by atoms with Gasteiger partial charge in [0.05, 0.1) is 0 Å². The Kier molecular flexibility index (Phi) is 7.03. The molecule has 0 saturated carbocycles. The number of carbonyl (C=O) groups is 2. The average Bonchev–Trinajstić information content (AvgIpc) is 2.60. The summed E-state index contributed by atoms with van der Waals surface area (Å²) in [6.07, 6.45) is 0.242. The quantitative estimate of drug-likeness (QED) is 0.782. The molecule has 0 aliphatic heterocycles. The highest BCUT2D eigenvalue weighted by Crippen LogP contribution is 2.32. The van der Waals surface area contributed by atoms with Crippen LogP contribution in [0.2, 0.25) is 5.02 Å². The second-order valence-electron chi connectivity index (χ2n) is 7.59. The molecule has 0 spiro atoms. The Hall–Kier alpha value is -2.33. The Morgan fingerprint density at radius 3 is 2.26 bits per heavy atom. The van der Waals surface area contributed by atoms with Crippen LogP contribution in [0.25, 0.3) is 0 Å². The lowest BCUT2D eigenvalue weighted by molar-refractivity contribution is -0.121. The molecule has 2 rings (SSSR count). The second kappa shape index (κ2) is 9.05. The monoisotopic (exact) mass is 386 g/mol. The third-order valence-corrected chi connectivity index (χ3v) is 4.60. The molecule has 2 amide bonds. The first-order chi connectivity index (χ1) is 12.7. The van der Waals surface area contributed by atoms with E-state index in [2.05, 4.69) is 26.1 Å². The molecule has 0 radical (unpaired) electrons. The van der Waals surface area contributed by atoms with Crippen LogP contribution in [0.1, 0.15) is 45.2 Å². The molecular weight excluding hydrogens is 360 g/mol. The maximum absolute atomic E-state index is 12.2. The van der Waals surface area contributed by atoms with E-state index >= 15 is 0 Å². The zero-order chi connectivity index (χ0) is 20.0. The number of amides is 2. The Balaban J connectivity index is 2.02. The number of halogens is 1.